The Labute approximate surface area is 185 Å². The van der Waals surface area contributed by atoms with Gasteiger partial charge < -0.3 is 14.6 Å². The molecule has 3 rings (SSSR count). The minimum absolute atomic E-state index is 0.253. The second-order valence-corrected chi connectivity index (χ2v) is 6.98. The van der Waals surface area contributed by atoms with Gasteiger partial charge in [-0.05, 0) is 44.4 Å². The molecule has 0 fully saturated rings. The van der Waals surface area contributed by atoms with Gasteiger partial charge in [0.25, 0.3) is 0 Å². The minimum Gasteiger partial charge on any atom is -0.480 e. The topological polar surface area (TPSA) is 73.1 Å². The van der Waals surface area contributed by atoms with Gasteiger partial charge in [-0.1, -0.05) is 38.1 Å². The molecule has 31 heavy (non-hydrogen) atoms. The summed E-state index contributed by atoms with van der Waals surface area (Å²) in [6.45, 7) is 14.6. The van der Waals surface area contributed by atoms with Crippen molar-refractivity contribution in [1.82, 2.24) is 15.1 Å². The number of hydrogen-bond donors (Lipinski definition) is 1. The molecule has 0 saturated carbocycles. The Hall–Kier alpha value is -3.15. The number of allylic oxidation sites excluding steroid dienone is 1. The van der Waals surface area contributed by atoms with Gasteiger partial charge in [-0.15, -0.1) is 6.58 Å². The Morgan fingerprint density at radius 2 is 2.03 bits per heavy atom. The molecule has 1 N–H and O–H groups in total. The van der Waals surface area contributed by atoms with Gasteiger partial charge in [0.2, 0.25) is 5.88 Å². The summed E-state index contributed by atoms with van der Waals surface area (Å²) >= 11 is 0. The Kier molecular flexibility index (Phi) is 9.25. The van der Waals surface area contributed by atoms with Crippen LogP contribution in [-0.2, 0) is 6.42 Å². The molecule has 3 aromatic rings. The van der Waals surface area contributed by atoms with Crippen LogP contribution in [-0.4, -0.2) is 28.8 Å². The fourth-order valence-electron chi connectivity index (χ4n) is 3.65. The van der Waals surface area contributed by atoms with Crippen molar-refractivity contribution in [3.63, 3.8) is 0 Å². The molecule has 0 spiro atoms. The minimum atomic E-state index is 0.253. The van der Waals surface area contributed by atoms with Gasteiger partial charge in [0.15, 0.2) is 0 Å². The van der Waals surface area contributed by atoms with E-state index in [0.29, 0.717) is 12.4 Å². The summed E-state index contributed by atoms with van der Waals surface area (Å²) in [4.78, 5) is 9.02. The maximum Gasteiger partial charge on any atom is 0.237 e. The highest BCUT2D eigenvalue weighted by molar-refractivity contribution is 5.72. The number of ether oxygens (including phenoxy) is 1. The summed E-state index contributed by atoms with van der Waals surface area (Å²) in [5, 5.41) is 7.58. The van der Waals surface area contributed by atoms with E-state index in [0.717, 1.165) is 46.8 Å². The molecule has 0 aliphatic carbocycles. The third-order valence-electron chi connectivity index (χ3n) is 5.06. The first-order valence-electron chi connectivity index (χ1n) is 10.8. The fourth-order valence-corrected chi connectivity index (χ4v) is 3.65. The van der Waals surface area contributed by atoms with Gasteiger partial charge >= 0.3 is 0 Å². The van der Waals surface area contributed by atoms with Crippen molar-refractivity contribution in [2.75, 3.05) is 19.0 Å². The van der Waals surface area contributed by atoms with Gasteiger partial charge in [-0.2, -0.15) is 0 Å². The molecule has 6 heteroatoms. The lowest BCUT2D eigenvalue weighted by Gasteiger charge is -2.20. The molecule has 1 unspecified atom stereocenters. The largest absolute Gasteiger partial charge is 0.480 e. The van der Waals surface area contributed by atoms with Crippen LogP contribution >= 0.6 is 0 Å². The van der Waals surface area contributed by atoms with Crippen LogP contribution in [0, 0.1) is 13.8 Å². The van der Waals surface area contributed by atoms with Crippen molar-refractivity contribution in [3.8, 4) is 17.0 Å². The molecule has 3 aromatic heterocycles. The van der Waals surface area contributed by atoms with Crippen molar-refractivity contribution in [1.29, 1.82) is 0 Å². The number of hydrogen-bond acceptors (Lipinski definition) is 6. The van der Waals surface area contributed by atoms with Gasteiger partial charge in [0.05, 0.1) is 18.5 Å². The zero-order valence-electron chi connectivity index (χ0n) is 19.5. The lowest BCUT2D eigenvalue weighted by molar-refractivity contribution is 0.393. The number of rotatable bonds is 9. The van der Waals surface area contributed by atoms with Gasteiger partial charge in [-0.3, -0.25) is 4.98 Å². The molecule has 3 heterocycles. The van der Waals surface area contributed by atoms with Crippen LogP contribution in [0.4, 0.5) is 5.69 Å². The summed E-state index contributed by atoms with van der Waals surface area (Å²) < 4.78 is 10.8. The van der Waals surface area contributed by atoms with Crippen LogP contribution < -0.4 is 10.1 Å². The number of anilines is 1. The average Bonchev–Trinajstić information content (AvgIpc) is 3.15. The molecule has 0 radical (unpaired) electrons. The van der Waals surface area contributed by atoms with E-state index < -0.39 is 0 Å². The fraction of sp³-hybridized carbons (Fsp3) is 0.400. The lowest BCUT2D eigenvalue weighted by Crippen LogP contribution is -2.15. The summed E-state index contributed by atoms with van der Waals surface area (Å²) in [7, 11) is 1.63. The monoisotopic (exact) mass is 422 g/mol. The average molecular weight is 423 g/mol. The zero-order valence-corrected chi connectivity index (χ0v) is 19.5. The van der Waals surface area contributed by atoms with E-state index in [1.54, 1.807) is 13.3 Å². The molecule has 6 nitrogen and oxygen atoms in total. The zero-order chi connectivity index (χ0) is 22.8. The SMILES string of the molecule is C=CCC(CNc1cc(-c2c(C)noc2C)cnc1OC)c1cccnc1CC.CC. The van der Waals surface area contributed by atoms with E-state index in [1.807, 2.05) is 52.1 Å². The first-order valence-corrected chi connectivity index (χ1v) is 10.8. The van der Waals surface area contributed by atoms with Crippen LogP contribution in [0.3, 0.4) is 0 Å². The number of nitrogens with one attached hydrogen (secondary N) is 1. The summed E-state index contributed by atoms with van der Waals surface area (Å²) in [6, 6.07) is 6.18. The van der Waals surface area contributed by atoms with Crippen molar-refractivity contribution in [3.05, 3.63) is 66.0 Å². The Morgan fingerprint density at radius 1 is 1.26 bits per heavy atom. The Bertz CT molecular complexity index is 962. The normalized spacial score (nSPS) is 11.3. The second-order valence-electron chi connectivity index (χ2n) is 6.98. The van der Waals surface area contributed by atoms with Crippen molar-refractivity contribution >= 4 is 5.69 Å². The van der Waals surface area contributed by atoms with Crippen LogP contribution in [0.15, 0.2) is 47.8 Å². The summed E-state index contributed by atoms with van der Waals surface area (Å²) in [5.74, 6) is 1.58. The third kappa shape index (κ3) is 5.72. The highest BCUT2D eigenvalue weighted by Crippen LogP contribution is 2.33. The molecule has 0 aromatic carbocycles. The number of methoxy groups -OCH3 is 1. The maximum absolute atomic E-state index is 5.48. The van der Waals surface area contributed by atoms with Crippen LogP contribution in [0.5, 0.6) is 5.88 Å². The second kappa shape index (κ2) is 11.9. The standard InChI is InChI=1S/C23H28N4O2.C2H6/c1-6-9-17(19-10-8-11-24-20(19)7-2)13-25-21-12-18(14-26-23(21)28-5)22-15(3)27-29-16(22)4;1-2/h6,8,10-12,14,17,25H,1,7,9,13H2,2-5H3;1-2H3. The van der Waals surface area contributed by atoms with Crippen LogP contribution in [0.2, 0.25) is 0 Å². The molecule has 1 atom stereocenters. The first-order chi connectivity index (χ1) is 15.1. The predicted octanol–water partition coefficient (Wildman–Crippen LogP) is 6.12. The van der Waals surface area contributed by atoms with Crippen LogP contribution in [0.1, 0.15) is 55.8 Å². The Morgan fingerprint density at radius 3 is 2.65 bits per heavy atom. The van der Waals surface area contributed by atoms with Gasteiger partial charge in [0, 0.05) is 41.7 Å². The number of aryl methyl sites for hydroxylation is 3. The number of pyridine rings is 2. The van der Waals surface area contributed by atoms with Crippen molar-refractivity contribution < 1.29 is 9.26 Å². The molecule has 0 saturated heterocycles. The molecular formula is C25H34N4O2. The smallest absolute Gasteiger partial charge is 0.237 e. The van der Waals surface area contributed by atoms with Gasteiger partial charge in [0.1, 0.15) is 5.76 Å². The van der Waals surface area contributed by atoms with E-state index in [1.165, 1.54) is 5.56 Å². The molecule has 0 aliphatic rings. The molecule has 0 amide bonds. The molecule has 166 valence electrons. The number of aromatic nitrogens is 3. The molecule has 0 aliphatic heterocycles. The predicted molar refractivity (Wildman–Crippen MR) is 127 cm³/mol. The number of nitrogens with zero attached hydrogens (tertiary/aromatic N) is 3. The van der Waals surface area contributed by atoms with Gasteiger partial charge in [-0.25, -0.2) is 4.98 Å². The van der Waals surface area contributed by atoms with Crippen molar-refractivity contribution in [2.24, 2.45) is 0 Å². The highest BCUT2D eigenvalue weighted by Gasteiger charge is 2.18. The van der Waals surface area contributed by atoms with E-state index in [2.05, 4.69) is 40.0 Å². The molecular weight excluding hydrogens is 388 g/mol. The van der Waals surface area contributed by atoms with Crippen LogP contribution in [0.25, 0.3) is 11.1 Å². The lowest BCUT2D eigenvalue weighted by atomic mass is 9.93. The summed E-state index contributed by atoms with van der Waals surface area (Å²) in [6.07, 6.45) is 7.34. The third-order valence-corrected chi connectivity index (χ3v) is 5.06. The maximum atomic E-state index is 5.48. The Balaban J connectivity index is 0.00000166. The van der Waals surface area contributed by atoms with E-state index in [-0.39, 0.29) is 5.92 Å². The van der Waals surface area contributed by atoms with E-state index in [4.69, 9.17) is 9.26 Å². The quantitative estimate of drug-likeness (QED) is 0.419. The van der Waals surface area contributed by atoms with E-state index >= 15 is 0 Å². The van der Waals surface area contributed by atoms with Crippen molar-refractivity contribution in [2.45, 2.75) is 53.4 Å². The highest BCUT2D eigenvalue weighted by atomic mass is 16.5. The van der Waals surface area contributed by atoms with E-state index in [9.17, 15) is 0 Å². The first kappa shape index (κ1) is 24.1. The summed E-state index contributed by atoms with van der Waals surface area (Å²) in [5.41, 5.74) is 5.95. The molecule has 0 bridgehead atoms.